The minimum atomic E-state index is -1.07. The standard InChI is InChI=1S/C19H25N7O3/c20-10-23-19(26-15-6-11-1-2-12(15)5-11)24-13-3-4-17(22-8-13)25-16(7-18(28)29)14(21)9-27/h3-4,8-9,11-12,14-16H,1-2,5-7,21H2,(H,22,25)(H,28,29)(H2,23,24,26)/t11?,12?,14-,15?,16?/m1/s1. The average Bonchev–Trinajstić information content (AvgIpc) is 3.31. The molecule has 0 amide bonds. The Morgan fingerprint density at radius 2 is 2.28 bits per heavy atom. The van der Waals surface area contributed by atoms with Crippen molar-refractivity contribution in [2.45, 2.75) is 50.2 Å². The molecule has 1 aromatic rings. The van der Waals surface area contributed by atoms with E-state index in [-0.39, 0.29) is 12.5 Å². The first kappa shape index (κ1) is 20.5. The van der Waals surface area contributed by atoms with Crippen LogP contribution in [0.3, 0.4) is 0 Å². The molecule has 1 aromatic heterocycles. The first-order valence-electron chi connectivity index (χ1n) is 9.63. The smallest absolute Gasteiger partial charge is 0.305 e. The third-order valence-corrected chi connectivity index (χ3v) is 5.55. The molecule has 0 aliphatic heterocycles. The maximum Gasteiger partial charge on any atom is 0.305 e. The number of carboxylic acid groups (broad SMARTS) is 1. The molecule has 6 N–H and O–H groups in total. The van der Waals surface area contributed by atoms with Crippen molar-refractivity contribution < 1.29 is 14.7 Å². The minimum absolute atomic E-state index is 0.229. The van der Waals surface area contributed by atoms with Gasteiger partial charge in [0.2, 0.25) is 5.96 Å². The highest BCUT2D eigenvalue weighted by atomic mass is 16.4. The lowest BCUT2D eigenvalue weighted by Gasteiger charge is -2.20. The molecule has 0 aromatic carbocycles. The van der Waals surface area contributed by atoms with Crippen molar-refractivity contribution in [2.75, 3.05) is 10.6 Å². The number of hydrogen-bond donors (Lipinski definition) is 5. The van der Waals surface area contributed by atoms with Gasteiger partial charge in [-0.25, -0.2) is 9.98 Å². The van der Waals surface area contributed by atoms with Crippen LogP contribution in [0.5, 0.6) is 0 Å². The van der Waals surface area contributed by atoms with Gasteiger partial charge in [0.25, 0.3) is 0 Å². The van der Waals surface area contributed by atoms with Gasteiger partial charge in [0.05, 0.1) is 36.4 Å². The maximum absolute atomic E-state index is 11.0. The van der Waals surface area contributed by atoms with E-state index in [1.807, 2.05) is 6.19 Å². The number of anilines is 2. The highest BCUT2D eigenvalue weighted by Gasteiger charge is 2.39. The molecule has 4 unspecified atom stereocenters. The SMILES string of the molecule is N#CNC(=NC1CC2CCC1C2)Nc1ccc(NC(CC(=O)O)[C@H](N)C=O)nc1. The van der Waals surface area contributed by atoms with Crippen LogP contribution in [0.1, 0.15) is 32.1 Å². The normalized spacial score (nSPS) is 25.0. The van der Waals surface area contributed by atoms with E-state index in [1.165, 1.54) is 25.5 Å². The quantitative estimate of drug-likeness (QED) is 0.140. The molecule has 2 aliphatic rings. The molecule has 154 valence electrons. The highest BCUT2D eigenvalue weighted by molar-refractivity contribution is 5.94. The van der Waals surface area contributed by atoms with Gasteiger partial charge in [0.1, 0.15) is 12.1 Å². The van der Waals surface area contributed by atoms with E-state index in [0.29, 0.717) is 29.7 Å². The van der Waals surface area contributed by atoms with Gasteiger partial charge in [-0.1, -0.05) is 6.42 Å². The number of aliphatic carboxylic acids is 1. The molecular weight excluding hydrogens is 374 g/mol. The Morgan fingerprint density at radius 1 is 1.45 bits per heavy atom. The summed E-state index contributed by atoms with van der Waals surface area (Å²) in [5.41, 5.74) is 6.28. The number of rotatable bonds is 8. The third kappa shape index (κ3) is 5.42. The van der Waals surface area contributed by atoms with Crippen LogP contribution in [-0.4, -0.2) is 46.4 Å². The Labute approximate surface area is 168 Å². The summed E-state index contributed by atoms with van der Waals surface area (Å²) in [5, 5.41) is 26.5. The van der Waals surface area contributed by atoms with Crippen LogP contribution >= 0.6 is 0 Å². The topological polar surface area (TPSA) is 166 Å². The van der Waals surface area contributed by atoms with E-state index in [0.717, 1.165) is 12.3 Å². The summed E-state index contributed by atoms with van der Waals surface area (Å²) in [6.07, 6.45) is 8.38. The number of fused-ring (bicyclic) bond motifs is 2. The summed E-state index contributed by atoms with van der Waals surface area (Å²) in [4.78, 5) is 30.8. The van der Waals surface area contributed by atoms with Gasteiger partial charge in [0, 0.05) is 0 Å². The Hall–Kier alpha value is -3.19. The number of carboxylic acids is 1. The van der Waals surface area contributed by atoms with Crippen LogP contribution in [0, 0.1) is 23.3 Å². The number of aliphatic imine (C=N–C) groups is 1. The number of aldehydes is 1. The minimum Gasteiger partial charge on any atom is -0.481 e. The summed E-state index contributed by atoms with van der Waals surface area (Å²) in [6, 6.07) is 1.84. The Morgan fingerprint density at radius 3 is 2.83 bits per heavy atom. The third-order valence-electron chi connectivity index (χ3n) is 5.55. The van der Waals surface area contributed by atoms with Crippen molar-refractivity contribution in [1.82, 2.24) is 10.3 Å². The molecule has 2 bridgehead atoms. The number of hydrogen-bond acceptors (Lipinski definition) is 7. The van der Waals surface area contributed by atoms with Crippen molar-refractivity contribution in [3.8, 4) is 6.19 Å². The van der Waals surface area contributed by atoms with Crippen LogP contribution in [-0.2, 0) is 9.59 Å². The average molecular weight is 399 g/mol. The zero-order valence-electron chi connectivity index (χ0n) is 15.9. The Kier molecular flexibility index (Phi) is 6.61. The Balaban J connectivity index is 1.64. The lowest BCUT2D eigenvalue weighted by atomic mass is 9.96. The van der Waals surface area contributed by atoms with Gasteiger partial charge < -0.3 is 26.3 Å². The van der Waals surface area contributed by atoms with Gasteiger partial charge >= 0.3 is 5.97 Å². The van der Waals surface area contributed by atoms with Crippen molar-refractivity contribution in [3.05, 3.63) is 18.3 Å². The van der Waals surface area contributed by atoms with Crippen LogP contribution in [0.4, 0.5) is 11.5 Å². The molecule has 2 aliphatic carbocycles. The summed E-state index contributed by atoms with van der Waals surface area (Å²) < 4.78 is 0. The molecule has 29 heavy (non-hydrogen) atoms. The van der Waals surface area contributed by atoms with Gasteiger partial charge in [0.15, 0.2) is 6.19 Å². The molecule has 0 saturated heterocycles. The molecule has 0 radical (unpaired) electrons. The van der Waals surface area contributed by atoms with Gasteiger partial charge in [-0.15, -0.1) is 0 Å². The monoisotopic (exact) mass is 399 g/mol. The highest BCUT2D eigenvalue weighted by Crippen LogP contribution is 2.45. The van der Waals surface area contributed by atoms with E-state index in [4.69, 9.17) is 16.1 Å². The fourth-order valence-corrected chi connectivity index (χ4v) is 4.13. The number of nitriles is 1. The molecule has 2 fully saturated rings. The number of nitrogens with zero attached hydrogens (tertiary/aromatic N) is 3. The zero-order chi connectivity index (χ0) is 20.8. The second kappa shape index (κ2) is 9.34. The largest absolute Gasteiger partial charge is 0.481 e. The second-order valence-electron chi connectivity index (χ2n) is 7.58. The van der Waals surface area contributed by atoms with E-state index in [1.54, 1.807) is 12.1 Å². The molecular formula is C19H25N7O3. The number of nitrogens with one attached hydrogen (secondary N) is 3. The number of pyridine rings is 1. The molecule has 10 nitrogen and oxygen atoms in total. The second-order valence-corrected chi connectivity index (χ2v) is 7.58. The van der Waals surface area contributed by atoms with Crippen molar-refractivity contribution in [2.24, 2.45) is 22.6 Å². The molecule has 10 heteroatoms. The number of carbonyl (C=O) groups excluding carboxylic acids is 1. The van der Waals surface area contributed by atoms with Crippen molar-refractivity contribution in [3.63, 3.8) is 0 Å². The lowest BCUT2D eigenvalue weighted by Crippen LogP contribution is -2.43. The number of nitrogens with two attached hydrogens (primary N) is 1. The summed E-state index contributed by atoms with van der Waals surface area (Å²) in [5.74, 6) is 1.05. The van der Waals surface area contributed by atoms with E-state index >= 15 is 0 Å². The van der Waals surface area contributed by atoms with Crippen LogP contribution < -0.4 is 21.7 Å². The lowest BCUT2D eigenvalue weighted by molar-refractivity contribution is -0.137. The van der Waals surface area contributed by atoms with E-state index < -0.39 is 18.1 Å². The molecule has 0 spiro atoms. The molecule has 3 rings (SSSR count). The Bertz CT molecular complexity index is 805. The first-order chi connectivity index (χ1) is 14.0. The summed E-state index contributed by atoms with van der Waals surface area (Å²) in [6.45, 7) is 0. The van der Waals surface area contributed by atoms with Gasteiger partial charge in [-0.3, -0.25) is 10.1 Å². The maximum atomic E-state index is 11.0. The zero-order valence-corrected chi connectivity index (χ0v) is 15.9. The number of carbonyl (C=O) groups is 2. The van der Waals surface area contributed by atoms with Crippen LogP contribution in [0.15, 0.2) is 23.3 Å². The van der Waals surface area contributed by atoms with Crippen molar-refractivity contribution in [1.29, 1.82) is 5.26 Å². The van der Waals surface area contributed by atoms with Gasteiger partial charge in [-0.2, -0.15) is 5.26 Å². The molecule has 2 saturated carbocycles. The van der Waals surface area contributed by atoms with Crippen molar-refractivity contribution >= 4 is 29.7 Å². The molecule has 1 heterocycles. The van der Waals surface area contributed by atoms with E-state index in [9.17, 15) is 9.59 Å². The predicted molar refractivity (Wildman–Crippen MR) is 107 cm³/mol. The first-order valence-corrected chi connectivity index (χ1v) is 9.63. The van der Waals surface area contributed by atoms with E-state index in [2.05, 4.69) is 25.9 Å². The summed E-state index contributed by atoms with van der Waals surface area (Å²) in [7, 11) is 0. The fraction of sp³-hybridized carbons (Fsp3) is 0.526. The number of aromatic nitrogens is 1. The molecule has 5 atom stereocenters. The van der Waals surface area contributed by atoms with Gasteiger partial charge in [-0.05, 0) is 43.2 Å². The summed E-state index contributed by atoms with van der Waals surface area (Å²) >= 11 is 0. The number of guanidine groups is 1. The fourth-order valence-electron chi connectivity index (χ4n) is 4.13. The predicted octanol–water partition coefficient (Wildman–Crippen LogP) is 0.890. The van der Waals surface area contributed by atoms with Crippen LogP contribution in [0.25, 0.3) is 0 Å². The van der Waals surface area contributed by atoms with Crippen LogP contribution in [0.2, 0.25) is 0 Å².